The van der Waals surface area contributed by atoms with Crippen molar-refractivity contribution in [2.45, 2.75) is 26.4 Å². The van der Waals surface area contributed by atoms with E-state index in [2.05, 4.69) is 36.1 Å². The maximum atomic E-state index is 5.23. The Balaban J connectivity index is 1.75. The second kappa shape index (κ2) is 6.63. The Morgan fingerprint density at radius 1 is 1.08 bits per heavy atom. The highest BCUT2D eigenvalue weighted by atomic mass is 16.5. The summed E-state index contributed by atoms with van der Waals surface area (Å²) in [7, 11) is 1.67. The van der Waals surface area contributed by atoms with E-state index in [1.54, 1.807) is 13.3 Å². The fourth-order valence-corrected chi connectivity index (χ4v) is 3.00. The van der Waals surface area contributed by atoms with Crippen LogP contribution in [-0.2, 0) is 6.54 Å². The quantitative estimate of drug-likeness (QED) is 0.549. The number of aromatic nitrogens is 5. The first-order chi connectivity index (χ1) is 12.7. The molecular formula is C20H21N5O. The van der Waals surface area contributed by atoms with Crippen molar-refractivity contribution in [2.24, 2.45) is 0 Å². The number of pyridine rings is 1. The SMILES string of the molecule is COc1ccc(Cn2nc(-c3cnn(C(C)C)c3)c3cnccc32)cc1. The van der Waals surface area contributed by atoms with Crippen LogP contribution >= 0.6 is 0 Å². The summed E-state index contributed by atoms with van der Waals surface area (Å²) in [5.74, 6) is 0.852. The van der Waals surface area contributed by atoms with Gasteiger partial charge in [-0.05, 0) is 37.6 Å². The number of nitrogens with zero attached hydrogens (tertiary/aromatic N) is 5. The molecule has 4 aromatic rings. The van der Waals surface area contributed by atoms with Gasteiger partial charge in [0, 0.05) is 35.6 Å². The summed E-state index contributed by atoms with van der Waals surface area (Å²) < 4.78 is 9.19. The van der Waals surface area contributed by atoms with E-state index in [0.29, 0.717) is 12.6 Å². The number of hydrogen-bond donors (Lipinski definition) is 0. The Hall–Kier alpha value is -3.15. The highest BCUT2D eigenvalue weighted by Crippen LogP contribution is 2.28. The van der Waals surface area contributed by atoms with Gasteiger partial charge in [-0.3, -0.25) is 14.3 Å². The van der Waals surface area contributed by atoms with Crippen LogP contribution in [0.3, 0.4) is 0 Å². The topological polar surface area (TPSA) is 57.8 Å². The number of ether oxygens (including phenoxy) is 1. The van der Waals surface area contributed by atoms with Gasteiger partial charge in [-0.2, -0.15) is 10.2 Å². The van der Waals surface area contributed by atoms with Crippen molar-refractivity contribution in [3.63, 3.8) is 0 Å². The van der Waals surface area contributed by atoms with Crippen LogP contribution in [0.5, 0.6) is 5.75 Å². The van der Waals surface area contributed by atoms with Crippen molar-refractivity contribution >= 4 is 10.9 Å². The molecule has 0 aliphatic carbocycles. The van der Waals surface area contributed by atoms with E-state index < -0.39 is 0 Å². The normalized spacial score (nSPS) is 11.4. The zero-order valence-electron chi connectivity index (χ0n) is 15.1. The lowest BCUT2D eigenvalue weighted by Crippen LogP contribution is -2.01. The van der Waals surface area contributed by atoms with Crippen LogP contribution in [0.15, 0.2) is 55.1 Å². The first kappa shape index (κ1) is 16.3. The molecule has 0 unspecified atom stereocenters. The maximum Gasteiger partial charge on any atom is 0.118 e. The van der Waals surface area contributed by atoms with Crippen molar-refractivity contribution < 1.29 is 4.74 Å². The number of rotatable bonds is 5. The van der Waals surface area contributed by atoms with Gasteiger partial charge in [0.25, 0.3) is 0 Å². The van der Waals surface area contributed by atoms with E-state index in [1.165, 1.54) is 0 Å². The number of methoxy groups -OCH3 is 1. The minimum Gasteiger partial charge on any atom is -0.497 e. The first-order valence-corrected chi connectivity index (χ1v) is 8.63. The minimum absolute atomic E-state index is 0.314. The van der Waals surface area contributed by atoms with Crippen LogP contribution in [0.1, 0.15) is 25.5 Å². The Labute approximate surface area is 152 Å². The molecule has 1 aromatic carbocycles. The molecule has 0 spiro atoms. The highest BCUT2D eigenvalue weighted by molar-refractivity contribution is 5.92. The molecule has 4 rings (SSSR count). The molecule has 3 heterocycles. The number of benzene rings is 1. The molecule has 0 fully saturated rings. The van der Waals surface area contributed by atoms with E-state index in [-0.39, 0.29) is 0 Å². The van der Waals surface area contributed by atoms with Crippen LogP contribution in [0.25, 0.3) is 22.2 Å². The molecule has 0 atom stereocenters. The van der Waals surface area contributed by atoms with Crippen LogP contribution < -0.4 is 4.74 Å². The molecule has 0 radical (unpaired) electrons. The van der Waals surface area contributed by atoms with E-state index in [9.17, 15) is 0 Å². The van der Waals surface area contributed by atoms with Crippen molar-refractivity contribution in [3.8, 4) is 17.0 Å². The second-order valence-corrected chi connectivity index (χ2v) is 6.55. The zero-order chi connectivity index (χ0) is 18.1. The summed E-state index contributed by atoms with van der Waals surface area (Å²) in [5, 5.41) is 10.3. The van der Waals surface area contributed by atoms with E-state index in [4.69, 9.17) is 9.84 Å². The van der Waals surface area contributed by atoms with Gasteiger partial charge < -0.3 is 4.74 Å². The summed E-state index contributed by atoms with van der Waals surface area (Å²) in [6, 6.07) is 10.4. The Kier molecular flexibility index (Phi) is 4.16. The average molecular weight is 347 g/mol. The van der Waals surface area contributed by atoms with Gasteiger partial charge in [0.05, 0.1) is 25.4 Å². The monoisotopic (exact) mass is 347 g/mol. The van der Waals surface area contributed by atoms with Gasteiger partial charge in [0.15, 0.2) is 0 Å². The number of hydrogen-bond acceptors (Lipinski definition) is 4. The Bertz CT molecular complexity index is 1030. The molecule has 0 aliphatic heterocycles. The molecule has 26 heavy (non-hydrogen) atoms. The van der Waals surface area contributed by atoms with Crippen molar-refractivity contribution in [3.05, 3.63) is 60.7 Å². The lowest BCUT2D eigenvalue weighted by molar-refractivity contribution is 0.414. The van der Waals surface area contributed by atoms with Gasteiger partial charge in [0.2, 0.25) is 0 Å². The molecule has 6 nitrogen and oxygen atoms in total. The standard InChI is InChI=1S/C20H21N5O/c1-14(2)24-13-16(10-22-24)20-18-11-21-9-8-19(18)25(23-20)12-15-4-6-17(26-3)7-5-15/h4-11,13-14H,12H2,1-3H3. The van der Waals surface area contributed by atoms with Gasteiger partial charge in [-0.15, -0.1) is 0 Å². The second-order valence-electron chi connectivity index (χ2n) is 6.55. The van der Waals surface area contributed by atoms with Crippen molar-refractivity contribution in [1.29, 1.82) is 0 Å². The molecule has 0 amide bonds. The third-order valence-electron chi connectivity index (χ3n) is 4.45. The van der Waals surface area contributed by atoms with Gasteiger partial charge in [-0.25, -0.2) is 0 Å². The van der Waals surface area contributed by atoms with E-state index in [1.807, 2.05) is 46.2 Å². The highest BCUT2D eigenvalue weighted by Gasteiger charge is 2.15. The average Bonchev–Trinajstić information content (AvgIpc) is 3.28. The summed E-state index contributed by atoms with van der Waals surface area (Å²) >= 11 is 0. The Morgan fingerprint density at radius 3 is 2.58 bits per heavy atom. The molecule has 0 bridgehead atoms. The van der Waals surface area contributed by atoms with Crippen molar-refractivity contribution in [1.82, 2.24) is 24.5 Å². The lowest BCUT2D eigenvalue weighted by atomic mass is 10.2. The maximum absolute atomic E-state index is 5.23. The molecule has 0 saturated heterocycles. The summed E-state index contributed by atoms with van der Waals surface area (Å²) in [6.45, 7) is 4.90. The van der Waals surface area contributed by atoms with Crippen LogP contribution in [0.2, 0.25) is 0 Å². The third kappa shape index (κ3) is 2.94. The first-order valence-electron chi connectivity index (χ1n) is 8.63. The van der Waals surface area contributed by atoms with E-state index in [0.717, 1.165) is 33.5 Å². The molecule has 0 saturated carbocycles. The van der Waals surface area contributed by atoms with Gasteiger partial charge in [-0.1, -0.05) is 12.1 Å². The Morgan fingerprint density at radius 2 is 1.88 bits per heavy atom. The predicted octanol–water partition coefficient (Wildman–Crippen LogP) is 3.93. The fraction of sp³-hybridized carbons (Fsp3) is 0.250. The summed E-state index contributed by atoms with van der Waals surface area (Å²) in [6.07, 6.45) is 7.58. The smallest absolute Gasteiger partial charge is 0.118 e. The fourth-order valence-electron chi connectivity index (χ4n) is 3.00. The van der Waals surface area contributed by atoms with Gasteiger partial charge in [0.1, 0.15) is 11.4 Å². The molecule has 0 aliphatic rings. The van der Waals surface area contributed by atoms with Gasteiger partial charge >= 0.3 is 0 Å². The largest absolute Gasteiger partial charge is 0.497 e. The molecule has 0 N–H and O–H groups in total. The predicted molar refractivity (Wildman–Crippen MR) is 101 cm³/mol. The minimum atomic E-state index is 0.314. The molecule has 3 aromatic heterocycles. The molecule has 6 heteroatoms. The molecule has 132 valence electrons. The zero-order valence-corrected chi connectivity index (χ0v) is 15.1. The molecular weight excluding hydrogens is 326 g/mol. The van der Waals surface area contributed by atoms with Crippen LogP contribution in [0, 0.1) is 0 Å². The van der Waals surface area contributed by atoms with Crippen LogP contribution in [-0.4, -0.2) is 31.7 Å². The lowest BCUT2D eigenvalue weighted by Gasteiger charge is -2.05. The van der Waals surface area contributed by atoms with Crippen molar-refractivity contribution in [2.75, 3.05) is 7.11 Å². The van der Waals surface area contributed by atoms with Crippen LogP contribution in [0.4, 0.5) is 0 Å². The third-order valence-corrected chi connectivity index (χ3v) is 4.45. The number of fused-ring (bicyclic) bond motifs is 1. The summed E-state index contributed by atoms with van der Waals surface area (Å²) in [5.41, 5.74) is 4.14. The van der Waals surface area contributed by atoms with E-state index >= 15 is 0 Å². The summed E-state index contributed by atoms with van der Waals surface area (Å²) in [4.78, 5) is 4.29.